The van der Waals surface area contributed by atoms with Crippen LogP contribution in [0.4, 0.5) is 5.69 Å². The average molecular weight is 459 g/mol. The molecular weight excluding hydrogens is 432 g/mol. The van der Waals surface area contributed by atoms with Crippen LogP contribution < -0.4 is 10.1 Å². The van der Waals surface area contributed by atoms with E-state index in [1.807, 2.05) is 38.1 Å². The van der Waals surface area contributed by atoms with Gasteiger partial charge in [-0.3, -0.25) is 4.79 Å². The van der Waals surface area contributed by atoms with E-state index in [4.69, 9.17) is 16.3 Å². The molecule has 33 heavy (non-hydrogen) atoms. The van der Waals surface area contributed by atoms with Crippen LogP contribution in [0, 0.1) is 32.1 Å². The van der Waals surface area contributed by atoms with Crippen molar-refractivity contribution in [2.45, 2.75) is 34.1 Å². The van der Waals surface area contributed by atoms with E-state index in [0.29, 0.717) is 35.1 Å². The quantitative estimate of drug-likeness (QED) is 0.313. The summed E-state index contributed by atoms with van der Waals surface area (Å²) in [5.74, 6) is 0.168. The molecule has 0 aromatic heterocycles. The van der Waals surface area contributed by atoms with Gasteiger partial charge in [-0.05, 0) is 69.2 Å². The monoisotopic (exact) mass is 458 g/mol. The van der Waals surface area contributed by atoms with Crippen LogP contribution in [0.5, 0.6) is 5.75 Å². The summed E-state index contributed by atoms with van der Waals surface area (Å²) in [5, 5.41) is 12.9. The van der Waals surface area contributed by atoms with E-state index in [0.717, 1.165) is 16.7 Å². The molecule has 3 aromatic rings. The van der Waals surface area contributed by atoms with Crippen molar-refractivity contribution < 1.29 is 9.53 Å². The van der Waals surface area contributed by atoms with Gasteiger partial charge in [0.2, 0.25) is 0 Å². The molecule has 3 rings (SSSR count). The van der Waals surface area contributed by atoms with Crippen molar-refractivity contribution in [1.82, 2.24) is 0 Å². The van der Waals surface area contributed by atoms with Crippen LogP contribution >= 0.6 is 11.6 Å². The van der Waals surface area contributed by atoms with E-state index in [9.17, 15) is 10.1 Å². The molecule has 0 aliphatic rings. The zero-order chi connectivity index (χ0) is 24.0. The van der Waals surface area contributed by atoms with Crippen LogP contribution in [0.3, 0.4) is 0 Å². The molecule has 3 aromatic carbocycles. The molecule has 0 fully saturated rings. The number of aryl methyl sites for hydroxylation is 3. The predicted octanol–water partition coefficient (Wildman–Crippen LogP) is 6.80. The second kappa shape index (κ2) is 10.8. The number of anilines is 1. The summed E-state index contributed by atoms with van der Waals surface area (Å²) in [6, 6.07) is 19.4. The van der Waals surface area contributed by atoms with Crippen molar-refractivity contribution in [3.8, 4) is 11.8 Å². The Balaban J connectivity index is 1.92. The SMILES string of the molecule is CCOc1cc(/C=C(\C#N)C(=O)Nc2ccc(C)cc2)cc(Cl)c1Cc1cc(C)cc(C)c1. The molecule has 0 heterocycles. The summed E-state index contributed by atoms with van der Waals surface area (Å²) < 4.78 is 5.88. The molecule has 0 saturated carbocycles. The van der Waals surface area contributed by atoms with Gasteiger partial charge in [0.15, 0.2) is 0 Å². The lowest BCUT2D eigenvalue weighted by Gasteiger charge is -2.14. The molecule has 0 spiro atoms. The maximum atomic E-state index is 12.6. The third kappa shape index (κ3) is 6.47. The smallest absolute Gasteiger partial charge is 0.266 e. The van der Waals surface area contributed by atoms with Gasteiger partial charge in [0, 0.05) is 22.7 Å². The number of amides is 1. The number of ether oxygens (including phenoxy) is 1. The number of halogens is 1. The number of hydrogen-bond donors (Lipinski definition) is 1. The highest BCUT2D eigenvalue weighted by atomic mass is 35.5. The summed E-state index contributed by atoms with van der Waals surface area (Å²) >= 11 is 6.66. The van der Waals surface area contributed by atoms with Gasteiger partial charge >= 0.3 is 0 Å². The Kier molecular flexibility index (Phi) is 7.92. The average Bonchev–Trinajstić information content (AvgIpc) is 2.75. The van der Waals surface area contributed by atoms with Gasteiger partial charge < -0.3 is 10.1 Å². The predicted molar refractivity (Wildman–Crippen MR) is 135 cm³/mol. The van der Waals surface area contributed by atoms with Gasteiger partial charge in [0.25, 0.3) is 5.91 Å². The Morgan fingerprint density at radius 3 is 2.30 bits per heavy atom. The second-order valence-electron chi connectivity index (χ2n) is 8.08. The lowest BCUT2D eigenvalue weighted by atomic mass is 9.98. The first-order valence-corrected chi connectivity index (χ1v) is 11.2. The molecule has 0 radical (unpaired) electrons. The third-order valence-corrected chi connectivity index (χ3v) is 5.46. The molecule has 0 atom stereocenters. The van der Waals surface area contributed by atoms with E-state index in [2.05, 4.69) is 37.4 Å². The molecule has 0 aliphatic carbocycles. The van der Waals surface area contributed by atoms with E-state index >= 15 is 0 Å². The van der Waals surface area contributed by atoms with Crippen molar-refractivity contribution in [2.75, 3.05) is 11.9 Å². The molecule has 0 aliphatic heterocycles. The molecule has 0 bridgehead atoms. The van der Waals surface area contributed by atoms with E-state index < -0.39 is 5.91 Å². The minimum absolute atomic E-state index is 0.0175. The van der Waals surface area contributed by atoms with Gasteiger partial charge in [-0.2, -0.15) is 5.26 Å². The van der Waals surface area contributed by atoms with Gasteiger partial charge in [0.1, 0.15) is 17.4 Å². The molecule has 168 valence electrons. The first-order valence-electron chi connectivity index (χ1n) is 10.8. The van der Waals surface area contributed by atoms with Crippen molar-refractivity contribution in [1.29, 1.82) is 5.26 Å². The normalized spacial score (nSPS) is 11.1. The fourth-order valence-electron chi connectivity index (χ4n) is 3.70. The first-order chi connectivity index (χ1) is 15.8. The van der Waals surface area contributed by atoms with Crippen LogP contribution in [0.2, 0.25) is 5.02 Å². The first kappa shape index (κ1) is 24.1. The lowest BCUT2D eigenvalue weighted by molar-refractivity contribution is -0.112. The minimum atomic E-state index is -0.477. The van der Waals surface area contributed by atoms with Gasteiger partial charge in [-0.1, -0.05) is 58.6 Å². The number of carbonyl (C=O) groups is 1. The van der Waals surface area contributed by atoms with Crippen LogP contribution in [0.15, 0.2) is 60.2 Å². The fourth-order valence-corrected chi connectivity index (χ4v) is 3.98. The van der Waals surface area contributed by atoms with Crippen molar-refractivity contribution in [3.05, 3.63) is 98.6 Å². The number of hydrogen-bond acceptors (Lipinski definition) is 3. The van der Waals surface area contributed by atoms with Gasteiger partial charge in [0.05, 0.1) is 6.61 Å². The zero-order valence-electron chi connectivity index (χ0n) is 19.3. The summed E-state index contributed by atoms with van der Waals surface area (Å²) in [6.45, 7) is 8.49. The second-order valence-corrected chi connectivity index (χ2v) is 8.48. The van der Waals surface area contributed by atoms with Crippen molar-refractivity contribution in [3.63, 3.8) is 0 Å². The number of nitrogens with zero attached hydrogens (tertiary/aromatic N) is 1. The van der Waals surface area contributed by atoms with Crippen molar-refractivity contribution >= 4 is 29.3 Å². The summed E-state index contributed by atoms with van der Waals surface area (Å²) in [7, 11) is 0. The summed E-state index contributed by atoms with van der Waals surface area (Å²) in [6.07, 6.45) is 2.15. The topological polar surface area (TPSA) is 62.1 Å². The van der Waals surface area contributed by atoms with E-state index in [1.54, 1.807) is 18.2 Å². The highest BCUT2D eigenvalue weighted by Gasteiger charge is 2.14. The van der Waals surface area contributed by atoms with Crippen molar-refractivity contribution in [2.24, 2.45) is 0 Å². The molecule has 0 unspecified atom stereocenters. The summed E-state index contributed by atoms with van der Waals surface area (Å²) in [5.41, 5.74) is 6.73. The molecular formula is C28H27ClN2O2. The number of benzene rings is 3. The highest BCUT2D eigenvalue weighted by molar-refractivity contribution is 6.31. The van der Waals surface area contributed by atoms with Crippen LogP contribution in [-0.2, 0) is 11.2 Å². The maximum Gasteiger partial charge on any atom is 0.266 e. The maximum absolute atomic E-state index is 12.6. The molecule has 1 N–H and O–H groups in total. The third-order valence-electron chi connectivity index (χ3n) is 5.12. The van der Waals surface area contributed by atoms with Crippen LogP contribution in [0.25, 0.3) is 6.08 Å². The van der Waals surface area contributed by atoms with Crippen LogP contribution in [-0.4, -0.2) is 12.5 Å². The Morgan fingerprint density at radius 2 is 1.70 bits per heavy atom. The Labute approximate surface area is 200 Å². The Hall–Kier alpha value is -3.55. The molecule has 0 saturated heterocycles. The number of carbonyl (C=O) groups excluding carboxylic acids is 1. The summed E-state index contributed by atoms with van der Waals surface area (Å²) in [4.78, 5) is 12.6. The zero-order valence-corrected chi connectivity index (χ0v) is 20.1. The molecule has 1 amide bonds. The highest BCUT2D eigenvalue weighted by Crippen LogP contribution is 2.32. The largest absolute Gasteiger partial charge is 0.494 e. The molecule has 4 nitrogen and oxygen atoms in total. The number of nitrogens with one attached hydrogen (secondary N) is 1. The standard InChI is InChI=1S/C28H27ClN2O2/c1-5-33-27-16-22(13-23(17-30)28(32)31-24-8-6-18(2)7-9-24)15-26(29)25(27)14-21-11-19(3)10-20(4)12-21/h6-13,15-16H,5,14H2,1-4H3,(H,31,32)/b23-13+. The Bertz CT molecular complexity index is 1220. The minimum Gasteiger partial charge on any atom is -0.494 e. The van der Waals surface area contributed by atoms with E-state index in [-0.39, 0.29) is 5.57 Å². The van der Waals surface area contributed by atoms with Gasteiger partial charge in [-0.15, -0.1) is 0 Å². The molecule has 5 heteroatoms. The number of nitriles is 1. The Morgan fingerprint density at radius 1 is 1.03 bits per heavy atom. The fraction of sp³-hybridized carbons (Fsp3) is 0.214. The number of rotatable bonds is 7. The van der Waals surface area contributed by atoms with E-state index in [1.165, 1.54) is 17.2 Å². The van der Waals surface area contributed by atoms with Gasteiger partial charge in [-0.25, -0.2) is 0 Å². The van der Waals surface area contributed by atoms with Crippen LogP contribution in [0.1, 0.15) is 40.3 Å². The lowest BCUT2D eigenvalue weighted by Crippen LogP contribution is -2.13.